The molecule has 0 radical (unpaired) electrons. The number of nitrogens with one attached hydrogen (secondary N) is 2. The summed E-state index contributed by atoms with van der Waals surface area (Å²) in [6.07, 6.45) is 3.75. The van der Waals surface area contributed by atoms with Gasteiger partial charge in [-0.25, -0.2) is 0 Å². The Hall–Kier alpha value is -2.09. The maximum Gasteiger partial charge on any atom is 0.387 e. The zero-order valence-corrected chi connectivity index (χ0v) is 17.4. The van der Waals surface area contributed by atoms with Crippen molar-refractivity contribution in [2.45, 2.75) is 52.2 Å². The number of aliphatic imine (C=N–C) groups is 1. The Morgan fingerprint density at radius 1 is 1.31 bits per heavy atom. The number of hydrogen-bond acceptors (Lipinski definition) is 4. The summed E-state index contributed by atoms with van der Waals surface area (Å²) in [6.45, 7) is 4.37. The van der Waals surface area contributed by atoms with Crippen LogP contribution in [0.3, 0.4) is 0 Å². The Labute approximate surface area is 172 Å². The van der Waals surface area contributed by atoms with Crippen LogP contribution in [0.25, 0.3) is 0 Å². The van der Waals surface area contributed by atoms with Crippen LogP contribution in [0.4, 0.5) is 14.5 Å². The maximum atomic E-state index is 12.7. The summed E-state index contributed by atoms with van der Waals surface area (Å²) >= 11 is 0. The molecule has 0 amide bonds. The monoisotopic (exact) mass is 412 g/mol. The quantitative estimate of drug-likeness (QED) is 0.385. The highest BCUT2D eigenvalue weighted by Crippen LogP contribution is 2.31. The number of rotatable bonds is 11. The van der Waals surface area contributed by atoms with E-state index < -0.39 is 6.61 Å². The topological polar surface area (TPSA) is 69.1 Å². The Kier molecular flexibility index (Phi) is 9.97. The van der Waals surface area contributed by atoms with Crippen LogP contribution in [0, 0.1) is 5.92 Å². The van der Waals surface area contributed by atoms with E-state index in [0.29, 0.717) is 24.7 Å². The number of para-hydroxylation sites is 2. The van der Waals surface area contributed by atoms with Crippen molar-refractivity contribution in [2.75, 3.05) is 37.7 Å². The van der Waals surface area contributed by atoms with Crippen LogP contribution < -0.4 is 20.3 Å². The second-order valence-electron chi connectivity index (χ2n) is 7.31. The van der Waals surface area contributed by atoms with Gasteiger partial charge in [-0.2, -0.15) is 8.78 Å². The SMILES string of the molecule is CCCC(CCO)CN=C(NCC)NC1CCN(c2ccccc2OC(F)F)C1. The third-order valence-corrected chi connectivity index (χ3v) is 5.04. The van der Waals surface area contributed by atoms with Crippen molar-refractivity contribution >= 4 is 11.6 Å². The molecule has 2 rings (SSSR count). The molecule has 1 aromatic rings. The smallest absolute Gasteiger partial charge is 0.387 e. The molecule has 0 spiro atoms. The van der Waals surface area contributed by atoms with Gasteiger partial charge in [0.1, 0.15) is 5.75 Å². The summed E-state index contributed by atoms with van der Waals surface area (Å²) in [5.74, 6) is 1.34. The fraction of sp³-hybridized carbons (Fsp3) is 0.667. The van der Waals surface area contributed by atoms with Crippen molar-refractivity contribution in [1.82, 2.24) is 10.6 Å². The van der Waals surface area contributed by atoms with Crippen molar-refractivity contribution in [2.24, 2.45) is 10.9 Å². The molecule has 1 aromatic carbocycles. The summed E-state index contributed by atoms with van der Waals surface area (Å²) in [5.41, 5.74) is 0.685. The largest absolute Gasteiger partial charge is 0.433 e. The Morgan fingerprint density at radius 2 is 2.10 bits per heavy atom. The van der Waals surface area contributed by atoms with Gasteiger partial charge in [0.15, 0.2) is 5.96 Å². The average Bonchev–Trinajstić information content (AvgIpc) is 3.15. The van der Waals surface area contributed by atoms with Crippen LogP contribution >= 0.6 is 0 Å². The summed E-state index contributed by atoms with van der Waals surface area (Å²) in [5, 5.41) is 16.0. The zero-order valence-electron chi connectivity index (χ0n) is 17.4. The van der Waals surface area contributed by atoms with Crippen LogP contribution in [0.2, 0.25) is 0 Å². The van der Waals surface area contributed by atoms with E-state index in [1.807, 2.05) is 19.1 Å². The Morgan fingerprint density at radius 3 is 2.79 bits per heavy atom. The van der Waals surface area contributed by atoms with Gasteiger partial charge in [-0.15, -0.1) is 0 Å². The highest BCUT2D eigenvalue weighted by atomic mass is 19.3. The number of hydrogen-bond donors (Lipinski definition) is 3. The molecule has 6 nitrogen and oxygen atoms in total. The zero-order chi connectivity index (χ0) is 21.1. The minimum Gasteiger partial charge on any atom is -0.433 e. The molecule has 3 N–H and O–H groups in total. The van der Waals surface area contributed by atoms with Crippen molar-refractivity contribution in [1.29, 1.82) is 0 Å². The summed E-state index contributed by atoms with van der Waals surface area (Å²) < 4.78 is 30.0. The fourth-order valence-electron chi connectivity index (χ4n) is 3.66. The molecular weight excluding hydrogens is 378 g/mol. The molecule has 2 unspecified atom stereocenters. The number of aliphatic hydroxyl groups is 1. The number of benzene rings is 1. The Balaban J connectivity index is 1.98. The van der Waals surface area contributed by atoms with Crippen LogP contribution in [0.5, 0.6) is 5.75 Å². The minimum atomic E-state index is -2.84. The standard InChI is InChI=1S/C21H34F2N4O2/c1-3-7-16(11-13-28)14-25-21(24-4-2)26-17-10-12-27(15-17)18-8-5-6-9-19(18)29-20(22)23/h5-6,8-9,16-17,20,28H,3-4,7,10-15H2,1-2H3,(H2,24,25,26). The number of halogens is 2. The number of aliphatic hydroxyl groups excluding tert-OH is 1. The molecule has 1 heterocycles. The predicted molar refractivity (Wildman–Crippen MR) is 113 cm³/mol. The summed E-state index contributed by atoms with van der Waals surface area (Å²) in [4.78, 5) is 6.77. The molecular formula is C21H34F2N4O2. The van der Waals surface area contributed by atoms with E-state index in [1.54, 1.807) is 12.1 Å². The van der Waals surface area contributed by atoms with E-state index in [9.17, 15) is 13.9 Å². The highest BCUT2D eigenvalue weighted by Gasteiger charge is 2.26. The number of alkyl halides is 2. The number of nitrogens with zero attached hydrogens (tertiary/aromatic N) is 2. The van der Waals surface area contributed by atoms with E-state index in [1.165, 1.54) is 0 Å². The number of anilines is 1. The first kappa shape index (κ1) is 23.2. The lowest BCUT2D eigenvalue weighted by molar-refractivity contribution is -0.0495. The molecule has 164 valence electrons. The van der Waals surface area contributed by atoms with Gasteiger partial charge in [0, 0.05) is 38.8 Å². The van der Waals surface area contributed by atoms with E-state index >= 15 is 0 Å². The molecule has 1 saturated heterocycles. The predicted octanol–water partition coefficient (Wildman–Crippen LogP) is 3.22. The third kappa shape index (κ3) is 7.68. The number of guanidine groups is 1. The van der Waals surface area contributed by atoms with Gasteiger partial charge in [-0.3, -0.25) is 4.99 Å². The average molecular weight is 413 g/mol. The van der Waals surface area contributed by atoms with Gasteiger partial charge in [-0.05, 0) is 44.2 Å². The first-order chi connectivity index (χ1) is 14.1. The minimum absolute atomic E-state index is 0.162. The molecule has 1 aliphatic rings. The van der Waals surface area contributed by atoms with Gasteiger partial charge in [0.25, 0.3) is 0 Å². The molecule has 8 heteroatoms. The summed E-state index contributed by atoms with van der Waals surface area (Å²) in [7, 11) is 0. The van der Waals surface area contributed by atoms with Gasteiger partial charge in [0.05, 0.1) is 5.69 Å². The molecule has 0 aromatic heterocycles. The first-order valence-electron chi connectivity index (χ1n) is 10.5. The van der Waals surface area contributed by atoms with E-state index in [2.05, 4.69) is 27.2 Å². The molecule has 2 atom stereocenters. The lowest BCUT2D eigenvalue weighted by atomic mass is 10.0. The molecule has 0 bridgehead atoms. The van der Waals surface area contributed by atoms with Crippen LogP contribution in [0.15, 0.2) is 29.3 Å². The van der Waals surface area contributed by atoms with Crippen molar-refractivity contribution in [3.63, 3.8) is 0 Å². The molecule has 1 aliphatic heterocycles. The van der Waals surface area contributed by atoms with Crippen molar-refractivity contribution < 1.29 is 18.6 Å². The normalized spacial score (nSPS) is 18.2. The molecule has 0 saturated carbocycles. The fourth-order valence-corrected chi connectivity index (χ4v) is 3.66. The molecule has 1 fully saturated rings. The van der Waals surface area contributed by atoms with Gasteiger partial charge in [-0.1, -0.05) is 25.5 Å². The van der Waals surface area contributed by atoms with Crippen LogP contribution in [0.1, 0.15) is 39.5 Å². The summed E-state index contributed by atoms with van der Waals surface area (Å²) in [6, 6.07) is 7.07. The molecule has 29 heavy (non-hydrogen) atoms. The first-order valence-corrected chi connectivity index (χ1v) is 10.5. The number of ether oxygens (including phenoxy) is 1. The molecule has 0 aliphatic carbocycles. The third-order valence-electron chi connectivity index (χ3n) is 5.04. The van der Waals surface area contributed by atoms with E-state index in [4.69, 9.17) is 4.99 Å². The van der Waals surface area contributed by atoms with Crippen LogP contribution in [-0.4, -0.2) is 56.5 Å². The second kappa shape index (κ2) is 12.5. The van der Waals surface area contributed by atoms with Crippen molar-refractivity contribution in [3.05, 3.63) is 24.3 Å². The van der Waals surface area contributed by atoms with Gasteiger partial charge in [0.2, 0.25) is 0 Å². The van der Waals surface area contributed by atoms with E-state index in [-0.39, 0.29) is 18.4 Å². The maximum absolute atomic E-state index is 12.7. The van der Waals surface area contributed by atoms with E-state index in [0.717, 1.165) is 44.7 Å². The van der Waals surface area contributed by atoms with Gasteiger partial charge < -0.3 is 25.4 Å². The van der Waals surface area contributed by atoms with Crippen LogP contribution in [-0.2, 0) is 0 Å². The van der Waals surface area contributed by atoms with Gasteiger partial charge >= 0.3 is 6.61 Å². The highest BCUT2D eigenvalue weighted by molar-refractivity contribution is 5.80. The Bertz CT molecular complexity index is 624. The second-order valence-corrected chi connectivity index (χ2v) is 7.31. The lowest BCUT2D eigenvalue weighted by Gasteiger charge is -2.23. The van der Waals surface area contributed by atoms with Crippen molar-refractivity contribution in [3.8, 4) is 5.75 Å². The lowest BCUT2D eigenvalue weighted by Crippen LogP contribution is -2.45.